The van der Waals surface area contributed by atoms with Gasteiger partial charge in [-0.05, 0) is 46.0 Å². The van der Waals surface area contributed by atoms with Crippen LogP contribution >= 0.6 is 0 Å². The normalized spacial score (nSPS) is 18.0. The molecule has 1 fully saturated rings. The number of likely N-dealkylation sites (tertiary alicyclic amines) is 1. The van der Waals surface area contributed by atoms with Crippen molar-refractivity contribution in [2.45, 2.75) is 32.4 Å². The molecule has 4 nitrogen and oxygen atoms in total. The van der Waals surface area contributed by atoms with Gasteiger partial charge in [0, 0.05) is 30.9 Å². The Labute approximate surface area is 110 Å². The summed E-state index contributed by atoms with van der Waals surface area (Å²) in [4.78, 5) is 9.38. The molecule has 100 valence electrons. The van der Waals surface area contributed by atoms with Crippen molar-refractivity contribution in [3.05, 3.63) is 23.4 Å². The molecule has 0 unspecified atom stereocenters. The van der Waals surface area contributed by atoms with Crippen molar-refractivity contribution < 1.29 is 0 Å². The van der Waals surface area contributed by atoms with E-state index in [1.54, 1.807) is 0 Å². The summed E-state index contributed by atoms with van der Waals surface area (Å²) in [6.07, 6.45) is 2.40. The maximum atomic E-state index is 5.82. The van der Waals surface area contributed by atoms with E-state index in [0.29, 0.717) is 12.6 Å². The standard InChI is InChI=1S/C14H24N4/c1-11-4-5-12(10-15)14(16-11)18(3)13-6-8-17(2)9-7-13/h4-5,13H,6-10,15H2,1-3H3. The molecule has 1 aromatic rings. The molecule has 1 saturated heterocycles. The second kappa shape index (κ2) is 5.67. The largest absolute Gasteiger partial charge is 0.356 e. The van der Waals surface area contributed by atoms with Crippen LogP contribution in [0.25, 0.3) is 0 Å². The highest BCUT2D eigenvalue weighted by Crippen LogP contribution is 2.23. The van der Waals surface area contributed by atoms with Crippen LogP contribution in [0.4, 0.5) is 5.82 Å². The zero-order valence-corrected chi connectivity index (χ0v) is 11.7. The molecule has 0 atom stereocenters. The van der Waals surface area contributed by atoms with E-state index in [9.17, 15) is 0 Å². The average molecular weight is 248 g/mol. The number of aryl methyl sites for hydroxylation is 1. The Balaban J connectivity index is 2.17. The maximum absolute atomic E-state index is 5.82. The second-order valence-corrected chi connectivity index (χ2v) is 5.28. The summed E-state index contributed by atoms with van der Waals surface area (Å²) in [5.74, 6) is 1.06. The summed E-state index contributed by atoms with van der Waals surface area (Å²) in [7, 11) is 4.34. The minimum absolute atomic E-state index is 0.555. The summed E-state index contributed by atoms with van der Waals surface area (Å²) in [5.41, 5.74) is 8.01. The molecule has 1 aromatic heterocycles. The Morgan fingerprint density at radius 1 is 1.39 bits per heavy atom. The smallest absolute Gasteiger partial charge is 0.133 e. The Hall–Kier alpha value is -1.13. The molecule has 18 heavy (non-hydrogen) atoms. The summed E-state index contributed by atoms with van der Waals surface area (Å²) in [6, 6.07) is 4.72. The number of aromatic nitrogens is 1. The number of anilines is 1. The molecule has 4 heteroatoms. The molecule has 0 bridgehead atoms. The Morgan fingerprint density at radius 2 is 2.06 bits per heavy atom. The van der Waals surface area contributed by atoms with Gasteiger partial charge in [0.25, 0.3) is 0 Å². The van der Waals surface area contributed by atoms with E-state index >= 15 is 0 Å². The van der Waals surface area contributed by atoms with Crippen molar-refractivity contribution in [2.75, 3.05) is 32.1 Å². The van der Waals surface area contributed by atoms with Gasteiger partial charge in [0.15, 0.2) is 0 Å². The summed E-state index contributed by atoms with van der Waals surface area (Å²) >= 11 is 0. The van der Waals surface area contributed by atoms with Gasteiger partial charge in [-0.15, -0.1) is 0 Å². The van der Waals surface area contributed by atoms with Crippen molar-refractivity contribution in [3.63, 3.8) is 0 Å². The minimum atomic E-state index is 0.555. The first-order valence-electron chi connectivity index (χ1n) is 6.69. The zero-order valence-electron chi connectivity index (χ0n) is 11.7. The highest BCUT2D eigenvalue weighted by atomic mass is 15.2. The minimum Gasteiger partial charge on any atom is -0.356 e. The van der Waals surface area contributed by atoms with Crippen LogP contribution in [0.1, 0.15) is 24.1 Å². The van der Waals surface area contributed by atoms with Gasteiger partial charge in [-0.3, -0.25) is 0 Å². The molecule has 1 aliphatic rings. The van der Waals surface area contributed by atoms with E-state index in [2.05, 4.69) is 34.9 Å². The van der Waals surface area contributed by atoms with Gasteiger partial charge < -0.3 is 15.5 Å². The maximum Gasteiger partial charge on any atom is 0.133 e. The predicted molar refractivity (Wildman–Crippen MR) is 75.8 cm³/mol. The van der Waals surface area contributed by atoms with Crippen molar-refractivity contribution >= 4 is 5.82 Å². The van der Waals surface area contributed by atoms with E-state index < -0.39 is 0 Å². The van der Waals surface area contributed by atoms with Crippen LogP contribution < -0.4 is 10.6 Å². The van der Waals surface area contributed by atoms with Crippen LogP contribution in [0.15, 0.2) is 12.1 Å². The van der Waals surface area contributed by atoms with E-state index in [1.165, 1.54) is 25.9 Å². The molecule has 0 saturated carbocycles. The summed E-state index contributed by atoms with van der Waals surface area (Å²) in [6.45, 7) is 4.92. The third-order valence-corrected chi connectivity index (χ3v) is 3.88. The molecular formula is C14H24N4. The molecule has 2 N–H and O–H groups in total. The summed E-state index contributed by atoms with van der Waals surface area (Å²) in [5, 5.41) is 0. The number of pyridine rings is 1. The second-order valence-electron chi connectivity index (χ2n) is 5.28. The lowest BCUT2D eigenvalue weighted by molar-refractivity contribution is 0.252. The van der Waals surface area contributed by atoms with Gasteiger partial charge in [0.05, 0.1) is 0 Å². The predicted octanol–water partition coefficient (Wildman–Crippen LogP) is 1.38. The summed E-state index contributed by atoms with van der Waals surface area (Å²) < 4.78 is 0. The molecule has 0 radical (unpaired) electrons. The lowest BCUT2D eigenvalue weighted by Crippen LogP contribution is -2.42. The molecule has 0 aromatic carbocycles. The van der Waals surface area contributed by atoms with Gasteiger partial charge in [0.2, 0.25) is 0 Å². The first-order chi connectivity index (χ1) is 8.61. The van der Waals surface area contributed by atoms with Crippen LogP contribution in [-0.2, 0) is 6.54 Å². The molecule has 1 aliphatic heterocycles. The lowest BCUT2D eigenvalue weighted by atomic mass is 10.0. The van der Waals surface area contributed by atoms with Crippen LogP contribution in [0.5, 0.6) is 0 Å². The Bertz CT molecular complexity index is 397. The first kappa shape index (κ1) is 13.3. The highest BCUT2D eigenvalue weighted by Gasteiger charge is 2.22. The molecule has 0 aliphatic carbocycles. The quantitative estimate of drug-likeness (QED) is 0.878. The Morgan fingerprint density at radius 3 is 2.67 bits per heavy atom. The SMILES string of the molecule is Cc1ccc(CN)c(N(C)C2CCN(C)CC2)n1. The fourth-order valence-electron chi connectivity index (χ4n) is 2.59. The highest BCUT2D eigenvalue weighted by molar-refractivity contribution is 5.48. The molecule has 2 heterocycles. The fraction of sp³-hybridized carbons (Fsp3) is 0.643. The van der Waals surface area contributed by atoms with Crippen molar-refractivity contribution in [1.29, 1.82) is 0 Å². The third-order valence-electron chi connectivity index (χ3n) is 3.88. The molecule has 0 spiro atoms. The number of rotatable bonds is 3. The number of hydrogen-bond acceptors (Lipinski definition) is 4. The first-order valence-corrected chi connectivity index (χ1v) is 6.69. The molecular weight excluding hydrogens is 224 g/mol. The average Bonchev–Trinajstić information content (AvgIpc) is 2.39. The lowest BCUT2D eigenvalue weighted by Gasteiger charge is -2.36. The fourth-order valence-corrected chi connectivity index (χ4v) is 2.59. The van der Waals surface area contributed by atoms with Crippen LogP contribution in [0.2, 0.25) is 0 Å². The van der Waals surface area contributed by atoms with Gasteiger partial charge in [-0.2, -0.15) is 0 Å². The van der Waals surface area contributed by atoms with E-state index in [-0.39, 0.29) is 0 Å². The monoisotopic (exact) mass is 248 g/mol. The van der Waals surface area contributed by atoms with Crippen LogP contribution in [0.3, 0.4) is 0 Å². The van der Waals surface area contributed by atoms with E-state index in [1.807, 2.05) is 13.0 Å². The van der Waals surface area contributed by atoms with Gasteiger partial charge >= 0.3 is 0 Å². The molecule has 0 amide bonds. The Kier molecular flexibility index (Phi) is 4.19. The number of nitrogens with two attached hydrogens (primary N) is 1. The van der Waals surface area contributed by atoms with Gasteiger partial charge in [0.1, 0.15) is 5.82 Å². The number of hydrogen-bond donors (Lipinski definition) is 1. The van der Waals surface area contributed by atoms with Crippen molar-refractivity contribution in [1.82, 2.24) is 9.88 Å². The molecule has 2 rings (SSSR count). The third kappa shape index (κ3) is 2.82. The zero-order chi connectivity index (χ0) is 13.1. The number of nitrogens with zero attached hydrogens (tertiary/aromatic N) is 3. The van der Waals surface area contributed by atoms with E-state index in [0.717, 1.165) is 17.1 Å². The van der Waals surface area contributed by atoms with Crippen molar-refractivity contribution in [3.8, 4) is 0 Å². The van der Waals surface area contributed by atoms with Gasteiger partial charge in [-0.25, -0.2) is 4.98 Å². The van der Waals surface area contributed by atoms with Gasteiger partial charge in [-0.1, -0.05) is 6.07 Å². The van der Waals surface area contributed by atoms with Crippen LogP contribution in [-0.4, -0.2) is 43.1 Å². The van der Waals surface area contributed by atoms with Crippen molar-refractivity contribution in [2.24, 2.45) is 5.73 Å². The number of piperidine rings is 1. The van der Waals surface area contributed by atoms with Crippen LogP contribution in [0, 0.1) is 6.92 Å². The van der Waals surface area contributed by atoms with E-state index in [4.69, 9.17) is 5.73 Å². The topological polar surface area (TPSA) is 45.4 Å².